The molecule has 1 unspecified atom stereocenters. The van der Waals surface area contributed by atoms with E-state index in [1.165, 1.54) is 6.21 Å². The van der Waals surface area contributed by atoms with Crippen molar-refractivity contribution in [1.82, 2.24) is 0 Å². The summed E-state index contributed by atoms with van der Waals surface area (Å²) in [5.41, 5.74) is 1.01. The van der Waals surface area contributed by atoms with E-state index in [0.717, 1.165) is 5.56 Å². The van der Waals surface area contributed by atoms with Crippen molar-refractivity contribution in [2.75, 3.05) is 6.61 Å². The van der Waals surface area contributed by atoms with Crippen LogP contribution in [-0.4, -0.2) is 27.3 Å². The zero-order valence-electron chi connectivity index (χ0n) is 10.3. The van der Waals surface area contributed by atoms with Gasteiger partial charge in [-0.1, -0.05) is 17.7 Å². The maximum Gasteiger partial charge on any atom is 0.282 e. The fraction of sp³-hybridized carbons (Fsp3) is 0.417. The summed E-state index contributed by atoms with van der Waals surface area (Å²) < 4.78 is 32.4. The van der Waals surface area contributed by atoms with Gasteiger partial charge in [-0.25, -0.2) is 0 Å². The van der Waals surface area contributed by atoms with Crippen LogP contribution in [0.1, 0.15) is 19.4 Å². The standard InChI is InChI=1S/C12H17NO3S/c1-4-16-11(3)9-13-17(14,15)12-7-5-10(2)6-8-12/h5-9,11H,4H2,1-3H3/b13-9+. The van der Waals surface area contributed by atoms with Crippen LogP contribution in [-0.2, 0) is 14.8 Å². The van der Waals surface area contributed by atoms with Gasteiger partial charge in [0.15, 0.2) is 0 Å². The predicted octanol–water partition coefficient (Wildman–Crippen LogP) is 2.18. The molecule has 0 saturated heterocycles. The van der Waals surface area contributed by atoms with E-state index < -0.39 is 10.0 Å². The molecule has 0 aromatic heterocycles. The minimum atomic E-state index is -3.60. The summed E-state index contributed by atoms with van der Waals surface area (Å²) in [6, 6.07) is 6.59. The lowest BCUT2D eigenvalue weighted by molar-refractivity contribution is 0.125. The van der Waals surface area contributed by atoms with Crippen molar-refractivity contribution in [3.8, 4) is 0 Å². The smallest absolute Gasteiger partial charge is 0.282 e. The molecule has 0 amide bonds. The highest BCUT2D eigenvalue weighted by atomic mass is 32.2. The topological polar surface area (TPSA) is 55.7 Å². The van der Waals surface area contributed by atoms with E-state index in [1.54, 1.807) is 31.2 Å². The second kappa shape index (κ2) is 5.93. The maximum absolute atomic E-state index is 11.8. The first-order valence-electron chi connectivity index (χ1n) is 5.44. The van der Waals surface area contributed by atoms with Crippen LogP contribution in [0.25, 0.3) is 0 Å². The molecule has 0 aliphatic heterocycles. The lowest BCUT2D eigenvalue weighted by Gasteiger charge is -2.04. The fourth-order valence-corrected chi connectivity index (χ4v) is 2.18. The number of hydrogen-bond donors (Lipinski definition) is 0. The average molecular weight is 255 g/mol. The van der Waals surface area contributed by atoms with Crippen LogP contribution in [0, 0.1) is 6.92 Å². The van der Waals surface area contributed by atoms with Gasteiger partial charge in [0.05, 0.1) is 11.0 Å². The van der Waals surface area contributed by atoms with Crippen LogP contribution in [0.4, 0.5) is 0 Å². The summed E-state index contributed by atoms with van der Waals surface area (Å²) in [4.78, 5) is 0.197. The molecule has 5 heteroatoms. The van der Waals surface area contributed by atoms with Crippen molar-refractivity contribution in [1.29, 1.82) is 0 Å². The second-order valence-corrected chi connectivity index (χ2v) is 5.34. The quantitative estimate of drug-likeness (QED) is 0.758. The van der Waals surface area contributed by atoms with Gasteiger partial charge in [0.25, 0.3) is 10.0 Å². The highest BCUT2D eigenvalue weighted by Crippen LogP contribution is 2.12. The van der Waals surface area contributed by atoms with Crippen molar-refractivity contribution in [3.63, 3.8) is 0 Å². The molecular formula is C12H17NO3S. The van der Waals surface area contributed by atoms with Gasteiger partial charge in [-0.3, -0.25) is 0 Å². The molecule has 1 rings (SSSR count). The molecule has 0 N–H and O–H groups in total. The van der Waals surface area contributed by atoms with Crippen molar-refractivity contribution in [3.05, 3.63) is 29.8 Å². The third-order valence-electron chi connectivity index (χ3n) is 2.16. The Labute approximate surface area is 102 Å². The molecule has 0 saturated carbocycles. The third kappa shape index (κ3) is 4.28. The Hall–Kier alpha value is -1.20. The van der Waals surface area contributed by atoms with E-state index in [2.05, 4.69) is 4.40 Å². The molecule has 1 atom stereocenters. The first-order valence-corrected chi connectivity index (χ1v) is 6.88. The van der Waals surface area contributed by atoms with Gasteiger partial charge in [0, 0.05) is 12.8 Å². The van der Waals surface area contributed by atoms with Gasteiger partial charge < -0.3 is 4.74 Å². The normalized spacial score (nSPS) is 14.1. The molecule has 4 nitrogen and oxygen atoms in total. The molecule has 0 bridgehead atoms. The van der Waals surface area contributed by atoms with E-state index in [-0.39, 0.29) is 11.0 Å². The van der Waals surface area contributed by atoms with Gasteiger partial charge in [0.1, 0.15) is 0 Å². The van der Waals surface area contributed by atoms with Crippen molar-refractivity contribution < 1.29 is 13.2 Å². The van der Waals surface area contributed by atoms with Crippen LogP contribution < -0.4 is 0 Å². The van der Waals surface area contributed by atoms with E-state index in [0.29, 0.717) is 6.61 Å². The first-order chi connectivity index (χ1) is 7.95. The minimum absolute atomic E-state index is 0.197. The monoisotopic (exact) mass is 255 g/mol. The number of nitrogens with zero attached hydrogens (tertiary/aromatic N) is 1. The first kappa shape index (κ1) is 13.9. The number of aryl methyl sites for hydroxylation is 1. The number of rotatable bonds is 5. The molecule has 0 fully saturated rings. The summed E-state index contributed by atoms with van der Waals surface area (Å²) in [7, 11) is -3.60. The molecule has 1 aromatic rings. The Morgan fingerprint density at radius 3 is 2.47 bits per heavy atom. The largest absolute Gasteiger partial charge is 0.373 e. The zero-order valence-corrected chi connectivity index (χ0v) is 11.1. The van der Waals surface area contributed by atoms with Crippen LogP contribution >= 0.6 is 0 Å². The van der Waals surface area contributed by atoms with Crippen LogP contribution in [0.3, 0.4) is 0 Å². The van der Waals surface area contributed by atoms with E-state index >= 15 is 0 Å². The highest BCUT2D eigenvalue weighted by Gasteiger charge is 2.11. The van der Waals surface area contributed by atoms with Gasteiger partial charge in [-0.2, -0.15) is 12.8 Å². The van der Waals surface area contributed by atoms with E-state index in [1.807, 2.05) is 13.8 Å². The Balaban J connectivity index is 2.85. The van der Waals surface area contributed by atoms with Crippen LogP contribution in [0.5, 0.6) is 0 Å². The molecular weight excluding hydrogens is 238 g/mol. The van der Waals surface area contributed by atoms with Crippen molar-refractivity contribution in [2.45, 2.75) is 31.8 Å². The number of hydrogen-bond acceptors (Lipinski definition) is 3. The Kier molecular flexibility index (Phi) is 4.84. The van der Waals surface area contributed by atoms with Crippen molar-refractivity contribution >= 4 is 16.2 Å². The molecule has 1 aromatic carbocycles. The SMILES string of the molecule is CCOC(C)/C=N/S(=O)(=O)c1ccc(C)cc1. The average Bonchev–Trinajstić information content (AvgIpc) is 2.28. The molecule has 0 aliphatic rings. The number of sulfonamides is 1. The van der Waals surface area contributed by atoms with E-state index in [4.69, 9.17) is 4.74 Å². The predicted molar refractivity (Wildman–Crippen MR) is 67.9 cm³/mol. The summed E-state index contributed by atoms with van der Waals surface area (Å²) in [5.74, 6) is 0. The minimum Gasteiger partial charge on any atom is -0.373 e. The second-order valence-electron chi connectivity index (χ2n) is 3.70. The number of benzene rings is 1. The zero-order chi connectivity index (χ0) is 12.9. The number of ether oxygens (including phenoxy) is 1. The summed E-state index contributed by atoms with van der Waals surface area (Å²) in [6.45, 7) is 6.02. The molecule has 0 heterocycles. The summed E-state index contributed by atoms with van der Waals surface area (Å²) in [6.07, 6.45) is 0.999. The maximum atomic E-state index is 11.8. The van der Waals surface area contributed by atoms with Crippen LogP contribution in [0.15, 0.2) is 33.6 Å². The molecule has 94 valence electrons. The molecule has 0 spiro atoms. The third-order valence-corrected chi connectivity index (χ3v) is 3.43. The molecule has 0 aliphatic carbocycles. The van der Waals surface area contributed by atoms with Gasteiger partial charge in [-0.05, 0) is 32.9 Å². The van der Waals surface area contributed by atoms with Gasteiger partial charge in [0.2, 0.25) is 0 Å². The summed E-state index contributed by atoms with van der Waals surface area (Å²) in [5, 5.41) is 0. The van der Waals surface area contributed by atoms with Crippen molar-refractivity contribution in [2.24, 2.45) is 4.40 Å². The Morgan fingerprint density at radius 1 is 1.35 bits per heavy atom. The Morgan fingerprint density at radius 2 is 1.94 bits per heavy atom. The lowest BCUT2D eigenvalue weighted by atomic mass is 10.2. The Bertz CT molecular complexity index is 477. The lowest BCUT2D eigenvalue weighted by Crippen LogP contribution is -2.10. The van der Waals surface area contributed by atoms with Crippen LogP contribution in [0.2, 0.25) is 0 Å². The highest BCUT2D eigenvalue weighted by molar-refractivity contribution is 7.90. The summed E-state index contributed by atoms with van der Waals surface area (Å²) >= 11 is 0. The molecule has 17 heavy (non-hydrogen) atoms. The van der Waals surface area contributed by atoms with Gasteiger partial charge >= 0.3 is 0 Å². The van der Waals surface area contributed by atoms with Gasteiger partial charge in [-0.15, -0.1) is 0 Å². The molecule has 0 radical (unpaired) electrons. The van der Waals surface area contributed by atoms with E-state index in [9.17, 15) is 8.42 Å². The fourth-order valence-electron chi connectivity index (χ4n) is 1.24.